The van der Waals surface area contributed by atoms with Gasteiger partial charge in [-0.25, -0.2) is 0 Å². The smallest absolute Gasteiger partial charge is 0.262 e. The number of hydrogen-bond donors (Lipinski definition) is 2. The number of aliphatic hydroxyl groups excluding tert-OH is 1. The molecule has 0 aliphatic rings. The molecule has 2 rings (SSSR count). The van der Waals surface area contributed by atoms with Crippen molar-refractivity contribution in [1.29, 1.82) is 0 Å². The Balaban J connectivity index is 1.92. The molecule has 0 saturated heterocycles. The Kier molecular flexibility index (Phi) is 6.38. The van der Waals surface area contributed by atoms with Crippen LogP contribution < -0.4 is 10.1 Å². The van der Waals surface area contributed by atoms with Crippen molar-refractivity contribution in [2.24, 2.45) is 0 Å². The van der Waals surface area contributed by atoms with E-state index in [0.29, 0.717) is 18.1 Å². The molecule has 2 N–H and O–H groups in total. The largest absolute Gasteiger partial charge is 0.484 e. The van der Waals surface area contributed by atoms with Gasteiger partial charge in [0.15, 0.2) is 6.61 Å². The van der Waals surface area contributed by atoms with Crippen molar-refractivity contribution in [3.05, 3.63) is 59.7 Å². The van der Waals surface area contributed by atoms with Gasteiger partial charge in [0.1, 0.15) is 5.75 Å². The number of hydrogen-bond acceptors (Lipinski definition) is 3. The summed E-state index contributed by atoms with van der Waals surface area (Å²) in [6.45, 7) is 6.05. The van der Waals surface area contributed by atoms with E-state index in [1.165, 1.54) is 0 Å². The van der Waals surface area contributed by atoms with E-state index in [2.05, 4.69) is 19.2 Å². The van der Waals surface area contributed by atoms with Gasteiger partial charge in [0, 0.05) is 5.69 Å². The van der Waals surface area contributed by atoms with Crippen LogP contribution in [-0.2, 0) is 4.79 Å². The van der Waals surface area contributed by atoms with Crippen LogP contribution >= 0.6 is 0 Å². The Bertz CT molecular complexity index is 665. The number of carbonyl (C=O) groups is 1. The minimum absolute atomic E-state index is 0.0535. The minimum Gasteiger partial charge on any atom is -0.484 e. The van der Waals surface area contributed by atoms with Gasteiger partial charge in [-0.15, -0.1) is 0 Å². The number of amides is 1. The summed E-state index contributed by atoms with van der Waals surface area (Å²) >= 11 is 0. The second kappa shape index (κ2) is 8.50. The zero-order valence-corrected chi connectivity index (χ0v) is 14.5. The van der Waals surface area contributed by atoms with E-state index >= 15 is 0 Å². The third-order valence-electron chi connectivity index (χ3n) is 3.88. The summed E-state index contributed by atoms with van der Waals surface area (Å²) in [7, 11) is 0. The standard InChI is InChI=1S/C20H25NO3/c1-4-19(22)15-9-11-16(12-10-15)24-13-20(23)21-18-8-6-5-7-17(18)14(2)3/h5-12,14,19,22H,4,13H2,1-3H3,(H,21,23). The van der Waals surface area contributed by atoms with Crippen molar-refractivity contribution in [3.8, 4) is 5.75 Å². The van der Waals surface area contributed by atoms with E-state index in [1.54, 1.807) is 12.1 Å². The molecule has 0 fully saturated rings. The molecule has 1 atom stereocenters. The third-order valence-corrected chi connectivity index (χ3v) is 3.88. The van der Waals surface area contributed by atoms with Crippen molar-refractivity contribution in [1.82, 2.24) is 0 Å². The molecule has 1 amide bonds. The quantitative estimate of drug-likeness (QED) is 0.798. The number of aliphatic hydroxyl groups is 1. The highest BCUT2D eigenvalue weighted by Gasteiger charge is 2.10. The van der Waals surface area contributed by atoms with Crippen molar-refractivity contribution >= 4 is 11.6 Å². The highest BCUT2D eigenvalue weighted by Crippen LogP contribution is 2.24. The molecule has 0 bridgehead atoms. The fourth-order valence-electron chi connectivity index (χ4n) is 2.47. The summed E-state index contributed by atoms with van der Waals surface area (Å²) in [5.41, 5.74) is 2.77. The van der Waals surface area contributed by atoms with Crippen LogP contribution in [0.5, 0.6) is 5.75 Å². The van der Waals surface area contributed by atoms with Crippen LogP contribution in [0.3, 0.4) is 0 Å². The molecule has 2 aromatic carbocycles. The summed E-state index contributed by atoms with van der Waals surface area (Å²) in [5.74, 6) is 0.745. The van der Waals surface area contributed by atoms with Crippen molar-refractivity contribution in [2.45, 2.75) is 39.2 Å². The number of nitrogens with one attached hydrogen (secondary N) is 1. The first-order valence-electron chi connectivity index (χ1n) is 8.30. The fraction of sp³-hybridized carbons (Fsp3) is 0.350. The summed E-state index contributed by atoms with van der Waals surface area (Å²) in [6.07, 6.45) is 0.201. The van der Waals surface area contributed by atoms with E-state index in [1.807, 2.05) is 43.3 Å². The van der Waals surface area contributed by atoms with Gasteiger partial charge in [-0.1, -0.05) is 51.1 Å². The maximum Gasteiger partial charge on any atom is 0.262 e. The summed E-state index contributed by atoms with van der Waals surface area (Å²) < 4.78 is 5.52. The van der Waals surface area contributed by atoms with E-state index in [0.717, 1.165) is 16.8 Å². The van der Waals surface area contributed by atoms with Crippen molar-refractivity contribution in [3.63, 3.8) is 0 Å². The minimum atomic E-state index is -0.463. The van der Waals surface area contributed by atoms with Crippen LogP contribution in [0, 0.1) is 0 Å². The molecule has 2 aromatic rings. The molecular formula is C20H25NO3. The maximum absolute atomic E-state index is 12.1. The van der Waals surface area contributed by atoms with Crippen LogP contribution in [0.25, 0.3) is 0 Å². The molecule has 4 heteroatoms. The third kappa shape index (κ3) is 4.83. The second-order valence-electron chi connectivity index (χ2n) is 6.07. The summed E-state index contributed by atoms with van der Waals surface area (Å²) in [6, 6.07) is 14.9. The Morgan fingerprint density at radius 2 is 1.79 bits per heavy atom. The fourth-order valence-corrected chi connectivity index (χ4v) is 2.47. The van der Waals surface area contributed by atoms with Gasteiger partial charge in [0.2, 0.25) is 0 Å². The van der Waals surface area contributed by atoms with Gasteiger partial charge in [-0.3, -0.25) is 4.79 Å². The zero-order valence-electron chi connectivity index (χ0n) is 14.5. The SMILES string of the molecule is CCC(O)c1ccc(OCC(=O)Nc2ccccc2C(C)C)cc1. The normalized spacial score (nSPS) is 12.0. The van der Waals surface area contributed by atoms with Crippen molar-refractivity contribution < 1.29 is 14.6 Å². The predicted molar refractivity (Wildman–Crippen MR) is 96.3 cm³/mol. The Labute approximate surface area is 143 Å². The van der Waals surface area contributed by atoms with Crippen molar-refractivity contribution in [2.75, 3.05) is 11.9 Å². The number of anilines is 1. The van der Waals surface area contributed by atoms with Crippen LogP contribution in [-0.4, -0.2) is 17.6 Å². The topological polar surface area (TPSA) is 58.6 Å². The Hall–Kier alpha value is -2.33. The number of rotatable bonds is 7. The van der Waals surface area contributed by atoms with Gasteiger partial charge in [-0.05, 0) is 41.7 Å². The lowest BCUT2D eigenvalue weighted by Gasteiger charge is -2.14. The molecule has 24 heavy (non-hydrogen) atoms. The molecule has 0 spiro atoms. The average molecular weight is 327 g/mol. The molecule has 0 aromatic heterocycles. The van der Waals surface area contributed by atoms with Crippen LogP contribution in [0.4, 0.5) is 5.69 Å². The number of benzene rings is 2. The van der Waals surface area contributed by atoms with Crippen LogP contribution in [0.2, 0.25) is 0 Å². The molecule has 0 aliphatic carbocycles. The molecule has 0 aliphatic heterocycles. The van der Waals surface area contributed by atoms with E-state index in [9.17, 15) is 9.90 Å². The Morgan fingerprint density at radius 3 is 2.42 bits per heavy atom. The monoisotopic (exact) mass is 327 g/mol. The molecule has 0 saturated carbocycles. The first-order valence-corrected chi connectivity index (χ1v) is 8.30. The lowest BCUT2D eigenvalue weighted by Crippen LogP contribution is -2.21. The van der Waals surface area contributed by atoms with Gasteiger partial charge in [0.05, 0.1) is 6.10 Å². The van der Waals surface area contributed by atoms with Crippen LogP contribution in [0.1, 0.15) is 50.3 Å². The van der Waals surface area contributed by atoms with Gasteiger partial charge < -0.3 is 15.2 Å². The number of carbonyl (C=O) groups excluding carboxylic acids is 1. The lowest BCUT2D eigenvalue weighted by atomic mass is 10.0. The van der Waals surface area contributed by atoms with Gasteiger partial charge >= 0.3 is 0 Å². The lowest BCUT2D eigenvalue weighted by molar-refractivity contribution is -0.118. The summed E-state index contributed by atoms with van der Waals surface area (Å²) in [5, 5.41) is 12.7. The average Bonchev–Trinajstić information content (AvgIpc) is 2.60. The van der Waals surface area contributed by atoms with Crippen LogP contribution in [0.15, 0.2) is 48.5 Å². The molecule has 1 unspecified atom stereocenters. The second-order valence-corrected chi connectivity index (χ2v) is 6.07. The molecule has 128 valence electrons. The van der Waals surface area contributed by atoms with E-state index < -0.39 is 6.10 Å². The van der Waals surface area contributed by atoms with Gasteiger partial charge in [0.25, 0.3) is 5.91 Å². The first-order chi connectivity index (χ1) is 11.5. The maximum atomic E-state index is 12.1. The molecule has 0 radical (unpaired) electrons. The molecule has 0 heterocycles. The number of para-hydroxylation sites is 1. The highest BCUT2D eigenvalue weighted by molar-refractivity contribution is 5.92. The Morgan fingerprint density at radius 1 is 1.12 bits per heavy atom. The summed E-state index contributed by atoms with van der Waals surface area (Å²) in [4.78, 5) is 12.1. The molecular weight excluding hydrogens is 302 g/mol. The first kappa shape index (κ1) is 18.0. The zero-order chi connectivity index (χ0) is 17.5. The van der Waals surface area contributed by atoms with Gasteiger partial charge in [-0.2, -0.15) is 0 Å². The van der Waals surface area contributed by atoms with E-state index in [4.69, 9.17) is 4.74 Å². The molecule has 4 nitrogen and oxygen atoms in total. The van der Waals surface area contributed by atoms with E-state index in [-0.39, 0.29) is 12.5 Å². The predicted octanol–water partition coefficient (Wildman–Crippen LogP) is 4.27. The number of ether oxygens (including phenoxy) is 1. The highest BCUT2D eigenvalue weighted by atomic mass is 16.5.